The Morgan fingerprint density at radius 2 is 1.79 bits per heavy atom. The Kier molecular flexibility index (Phi) is 8.85. The maximum Gasteiger partial charge on any atom is 0.0650 e. The van der Waals surface area contributed by atoms with E-state index in [9.17, 15) is 0 Å². The summed E-state index contributed by atoms with van der Waals surface area (Å²) in [7, 11) is 0. The summed E-state index contributed by atoms with van der Waals surface area (Å²) in [5, 5.41) is 0. The average molecular weight is 265 g/mol. The van der Waals surface area contributed by atoms with Crippen LogP contribution in [0.3, 0.4) is 0 Å². The lowest BCUT2D eigenvalue weighted by Crippen LogP contribution is -2.32. The van der Waals surface area contributed by atoms with E-state index < -0.39 is 0 Å². The van der Waals surface area contributed by atoms with Crippen LogP contribution in [0.25, 0.3) is 0 Å². The van der Waals surface area contributed by atoms with E-state index in [0.29, 0.717) is 0 Å². The molecule has 0 atom stereocenters. The van der Waals surface area contributed by atoms with Gasteiger partial charge in [0.25, 0.3) is 0 Å². The molecular weight excluding hydrogens is 234 g/mol. The van der Waals surface area contributed by atoms with E-state index in [4.69, 9.17) is 4.74 Å². The molecule has 1 heterocycles. The second kappa shape index (κ2) is 10.2. The van der Waals surface area contributed by atoms with Gasteiger partial charge in [-0.15, -0.1) is 0 Å². The van der Waals surface area contributed by atoms with E-state index in [-0.39, 0.29) is 0 Å². The number of piperidine rings is 1. The Labute approximate surface area is 119 Å². The molecule has 0 aromatic carbocycles. The van der Waals surface area contributed by atoms with Crippen LogP contribution in [0.15, 0.2) is 23.3 Å². The molecule has 1 fully saturated rings. The lowest BCUT2D eigenvalue weighted by atomic mass is 10.1. The SMILES string of the molecule is CC(C)=CCC/C(C)=C\COCCN1CCCCC1. The van der Waals surface area contributed by atoms with Crippen molar-refractivity contribution in [1.82, 2.24) is 4.90 Å². The molecule has 19 heavy (non-hydrogen) atoms. The second-order valence-corrected chi connectivity index (χ2v) is 5.85. The van der Waals surface area contributed by atoms with Crippen LogP contribution in [0.5, 0.6) is 0 Å². The van der Waals surface area contributed by atoms with Crippen LogP contribution in [0.4, 0.5) is 0 Å². The Hall–Kier alpha value is -0.600. The van der Waals surface area contributed by atoms with Gasteiger partial charge in [-0.3, -0.25) is 0 Å². The molecule has 0 radical (unpaired) electrons. The number of hydrogen-bond acceptors (Lipinski definition) is 2. The first-order chi connectivity index (χ1) is 9.18. The maximum atomic E-state index is 5.70. The first-order valence-electron chi connectivity index (χ1n) is 7.77. The first-order valence-corrected chi connectivity index (χ1v) is 7.77. The number of rotatable bonds is 8. The predicted molar refractivity (Wildman–Crippen MR) is 83.5 cm³/mol. The Bertz CT molecular complexity index is 284. The lowest BCUT2D eigenvalue weighted by molar-refractivity contribution is 0.114. The third kappa shape index (κ3) is 9.01. The van der Waals surface area contributed by atoms with Crippen LogP contribution >= 0.6 is 0 Å². The van der Waals surface area contributed by atoms with E-state index in [1.54, 1.807) is 0 Å². The quantitative estimate of drug-likeness (QED) is 0.482. The molecule has 0 aromatic rings. The van der Waals surface area contributed by atoms with Crippen LogP contribution < -0.4 is 0 Å². The van der Waals surface area contributed by atoms with Crippen molar-refractivity contribution in [2.45, 2.75) is 52.9 Å². The molecule has 0 amide bonds. The third-order valence-corrected chi connectivity index (χ3v) is 3.64. The van der Waals surface area contributed by atoms with Gasteiger partial charge >= 0.3 is 0 Å². The minimum absolute atomic E-state index is 0.772. The van der Waals surface area contributed by atoms with Gasteiger partial charge in [0.1, 0.15) is 0 Å². The minimum atomic E-state index is 0.772. The van der Waals surface area contributed by atoms with Gasteiger partial charge in [-0.05, 0) is 59.5 Å². The molecule has 110 valence electrons. The fourth-order valence-electron chi connectivity index (χ4n) is 2.35. The van der Waals surface area contributed by atoms with Gasteiger partial charge in [-0.1, -0.05) is 29.7 Å². The normalized spacial score (nSPS) is 17.5. The number of hydrogen-bond donors (Lipinski definition) is 0. The van der Waals surface area contributed by atoms with Gasteiger partial charge in [0.05, 0.1) is 13.2 Å². The number of likely N-dealkylation sites (tertiary alicyclic amines) is 1. The zero-order chi connectivity index (χ0) is 13.9. The molecule has 0 aromatic heterocycles. The van der Waals surface area contributed by atoms with E-state index in [2.05, 4.69) is 37.8 Å². The minimum Gasteiger partial charge on any atom is -0.376 e. The van der Waals surface area contributed by atoms with Crippen molar-refractivity contribution in [3.63, 3.8) is 0 Å². The fraction of sp³-hybridized carbons (Fsp3) is 0.765. The lowest BCUT2D eigenvalue weighted by Gasteiger charge is -2.25. The van der Waals surface area contributed by atoms with Gasteiger partial charge in [-0.2, -0.15) is 0 Å². The molecule has 1 rings (SSSR count). The van der Waals surface area contributed by atoms with Crippen molar-refractivity contribution in [2.24, 2.45) is 0 Å². The van der Waals surface area contributed by atoms with Gasteiger partial charge in [0, 0.05) is 6.54 Å². The van der Waals surface area contributed by atoms with Crippen LogP contribution in [-0.2, 0) is 4.74 Å². The van der Waals surface area contributed by atoms with Crippen LogP contribution in [0, 0.1) is 0 Å². The Morgan fingerprint density at radius 1 is 1.05 bits per heavy atom. The van der Waals surface area contributed by atoms with Crippen molar-refractivity contribution in [3.8, 4) is 0 Å². The molecular formula is C17H31NO. The summed E-state index contributed by atoms with van der Waals surface area (Å²) in [6.07, 6.45) is 11.0. The van der Waals surface area contributed by atoms with E-state index in [0.717, 1.165) is 32.6 Å². The second-order valence-electron chi connectivity index (χ2n) is 5.85. The zero-order valence-electron chi connectivity index (χ0n) is 13.1. The van der Waals surface area contributed by atoms with E-state index in [1.165, 1.54) is 43.5 Å². The molecule has 2 heteroatoms. The van der Waals surface area contributed by atoms with Crippen molar-refractivity contribution in [1.29, 1.82) is 0 Å². The molecule has 0 aliphatic carbocycles. The highest BCUT2D eigenvalue weighted by atomic mass is 16.5. The fourth-order valence-corrected chi connectivity index (χ4v) is 2.35. The highest BCUT2D eigenvalue weighted by Crippen LogP contribution is 2.08. The highest BCUT2D eigenvalue weighted by molar-refractivity contribution is 5.02. The predicted octanol–water partition coefficient (Wildman–Crippen LogP) is 4.18. The molecule has 0 bridgehead atoms. The monoisotopic (exact) mass is 265 g/mol. The largest absolute Gasteiger partial charge is 0.376 e. The average Bonchev–Trinajstić information content (AvgIpc) is 2.39. The molecule has 1 aliphatic rings. The standard InChI is InChI=1S/C17H31NO/c1-16(2)8-7-9-17(3)10-14-19-15-13-18-11-5-4-6-12-18/h8,10H,4-7,9,11-15H2,1-3H3/b17-10-. The summed E-state index contributed by atoms with van der Waals surface area (Å²) in [5.74, 6) is 0. The molecule has 0 saturated carbocycles. The maximum absolute atomic E-state index is 5.70. The van der Waals surface area contributed by atoms with Gasteiger partial charge < -0.3 is 9.64 Å². The van der Waals surface area contributed by atoms with Gasteiger partial charge in [0.15, 0.2) is 0 Å². The van der Waals surface area contributed by atoms with Crippen LogP contribution in [0.1, 0.15) is 52.9 Å². The van der Waals surface area contributed by atoms with Crippen LogP contribution in [0.2, 0.25) is 0 Å². The molecule has 0 spiro atoms. The molecule has 0 N–H and O–H groups in total. The van der Waals surface area contributed by atoms with Gasteiger partial charge in [0.2, 0.25) is 0 Å². The summed E-state index contributed by atoms with van der Waals surface area (Å²) >= 11 is 0. The van der Waals surface area contributed by atoms with Crippen molar-refractivity contribution in [2.75, 3.05) is 32.8 Å². The number of nitrogens with zero attached hydrogens (tertiary/aromatic N) is 1. The van der Waals surface area contributed by atoms with Gasteiger partial charge in [-0.25, -0.2) is 0 Å². The molecule has 1 aliphatic heterocycles. The van der Waals surface area contributed by atoms with Crippen molar-refractivity contribution >= 4 is 0 Å². The number of allylic oxidation sites excluding steroid dienone is 3. The summed E-state index contributed by atoms with van der Waals surface area (Å²) < 4.78 is 5.70. The van der Waals surface area contributed by atoms with E-state index >= 15 is 0 Å². The first kappa shape index (κ1) is 16.5. The van der Waals surface area contributed by atoms with E-state index in [1.807, 2.05) is 0 Å². The van der Waals surface area contributed by atoms with Crippen LogP contribution in [-0.4, -0.2) is 37.7 Å². The molecule has 2 nitrogen and oxygen atoms in total. The molecule has 0 unspecified atom stereocenters. The topological polar surface area (TPSA) is 12.5 Å². The van der Waals surface area contributed by atoms with Crippen molar-refractivity contribution < 1.29 is 4.74 Å². The van der Waals surface area contributed by atoms with Crippen molar-refractivity contribution in [3.05, 3.63) is 23.3 Å². The smallest absolute Gasteiger partial charge is 0.0650 e. The summed E-state index contributed by atoms with van der Waals surface area (Å²) in [6, 6.07) is 0. The summed E-state index contributed by atoms with van der Waals surface area (Å²) in [4.78, 5) is 2.52. The molecule has 1 saturated heterocycles. The Balaban J connectivity index is 2.00. The Morgan fingerprint density at radius 3 is 2.47 bits per heavy atom. The third-order valence-electron chi connectivity index (χ3n) is 3.64. The summed E-state index contributed by atoms with van der Waals surface area (Å²) in [6.45, 7) is 11.8. The highest BCUT2D eigenvalue weighted by Gasteiger charge is 2.08. The summed E-state index contributed by atoms with van der Waals surface area (Å²) in [5.41, 5.74) is 2.85. The number of ether oxygens (including phenoxy) is 1. The zero-order valence-corrected chi connectivity index (χ0v) is 13.1.